The molecule has 2 aromatic carbocycles. The van der Waals surface area contributed by atoms with E-state index in [-0.39, 0.29) is 22.2 Å². The number of carbonyl (C=O) groups excluding carboxylic acids is 3. The average molecular weight is 484 g/mol. The van der Waals surface area contributed by atoms with E-state index in [9.17, 15) is 23.2 Å². The number of amides is 1. The van der Waals surface area contributed by atoms with Gasteiger partial charge in [0.2, 0.25) is 11.7 Å². The number of Topliss-reactive ketones (excluding diaryl/α,β-unsaturated/α-hetero) is 1. The summed E-state index contributed by atoms with van der Waals surface area (Å²) >= 11 is 12.0. The molecule has 0 aromatic heterocycles. The molecule has 0 aliphatic heterocycles. The van der Waals surface area contributed by atoms with Gasteiger partial charge in [-0.05, 0) is 51.1 Å². The Morgan fingerprint density at radius 3 is 2.31 bits per heavy atom. The first-order valence-corrected chi connectivity index (χ1v) is 10.3. The molecule has 0 aliphatic carbocycles. The third-order valence-corrected chi connectivity index (χ3v) is 4.74. The third kappa shape index (κ3) is 7.43. The lowest BCUT2D eigenvalue weighted by Crippen LogP contribution is -2.36. The number of carbonyl (C=O) groups is 3. The molecular formula is C23H21Cl2F2NO4. The van der Waals surface area contributed by atoms with Gasteiger partial charge in [-0.3, -0.25) is 9.59 Å². The van der Waals surface area contributed by atoms with Crippen LogP contribution in [0.1, 0.15) is 32.8 Å². The maximum Gasteiger partial charge on any atom is 0.375 e. The molecular weight excluding hydrogens is 463 g/mol. The van der Waals surface area contributed by atoms with Gasteiger partial charge in [0.15, 0.2) is 0 Å². The zero-order valence-corrected chi connectivity index (χ0v) is 19.1. The van der Waals surface area contributed by atoms with Crippen LogP contribution in [0.5, 0.6) is 0 Å². The second-order valence-electron chi connectivity index (χ2n) is 7.77. The number of anilines is 1. The zero-order valence-electron chi connectivity index (χ0n) is 17.6. The normalized spacial score (nSPS) is 11.5. The van der Waals surface area contributed by atoms with Gasteiger partial charge in [0.25, 0.3) is 0 Å². The SMILES string of the molecule is CC(C)(C)OC(=O)C(=O)CC(=O)N(C/C=C/c1ccc(F)cc1F)c1ccc(Cl)c(Cl)c1. The minimum absolute atomic E-state index is 0.0881. The molecule has 0 saturated heterocycles. The summed E-state index contributed by atoms with van der Waals surface area (Å²) in [7, 11) is 0. The van der Waals surface area contributed by atoms with E-state index in [1.807, 2.05) is 0 Å². The van der Waals surface area contributed by atoms with Crippen LogP contribution in [0, 0.1) is 11.6 Å². The molecule has 5 nitrogen and oxygen atoms in total. The molecule has 0 bridgehead atoms. The standard InChI is InChI=1S/C23H21Cl2F2NO4/c1-23(2,3)32-22(31)20(29)13-21(30)28(16-8-9-17(24)18(25)12-16)10-4-5-14-6-7-15(26)11-19(14)27/h4-9,11-12H,10,13H2,1-3H3/b5-4+. The summed E-state index contributed by atoms with van der Waals surface area (Å²) < 4.78 is 31.9. The summed E-state index contributed by atoms with van der Waals surface area (Å²) in [4.78, 5) is 38.2. The number of hydrogen-bond acceptors (Lipinski definition) is 4. The van der Waals surface area contributed by atoms with Gasteiger partial charge in [-0.2, -0.15) is 0 Å². The molecule has 170 valence electrons. The molecule has 0 unspecified atom stereocenters. The minimum atomic E-state index is -1.12. The van der Waals surface area contributed by atoms with Crippen LogP contribution in [-0.2, 0) is 19.1 Å². The van der Waals surface area contributed by atoms with Crippen molar-refractivity contribution in [1.82, 2.24) is 0 Å². The number of halogens is 4. The maximum absolute atomic E-state index is 13.8. The first-order valence-electron chi connectivity index (χ1n) is 9.50. The van der Waals surface area contributed by atoms with Gasteiger partial charge in [0, 0.05) is 23.9 Å². The van der Waals surface area contributed by atoms with E-state index >= 15 is 0 Å². The van der Waals surface area contributed by atoms with E-state index in [1.54, 1.807) is 20.8 Å². The van der Waals surface area contributed by atoms with Crippen LogP contribution in [0.3, 0.4) is 0 Å². The molecule has 0 fully saturated rings. The number of nitrogens with zero attached hydrogens (tertiary/aromatic N) is 1. The molecule has 0 saturated carbocycles. The molecule has 0 radical (unpaired) electrons. The predicted octanol–water partition coefficient (Wildman–Crippen LogP) is 5.62. The monoisotopic (exact) mass is 483 g/mol. The summed E-state index contributed by atoms with van der Waals surface area (Å²) in [5.74, 6) is -4.32. The van der Waals surface area contributed by atoms with Crippen LogP contribution in [-0.4, -0.2) is 29.8 Å². The van der Waals surface area contributed by atoms with E-state index in [0.717, 1.165) is 12.1 Å². The van der Waals surface area contributed by atoms with Crippen LogP contribution in [0.2, 0.25) is 10.0 Å². The van der Waals surface area contributed by atoms with Crippen LogP contribution in [0.15, 0.2) is 42.5 Å². The van der Waals surface area contributed by atoms with Gasteiger partial charge in [-0.1, -0.05) is 35.4 Å². The Bertz CT molecular complexity index is 1060. The van der Waals surface area contributed by atoms with E-state index < -0.39 is 41.3 Å². The molecule has 0 atom stereocenters. The number of benzene rings is 2. The Balaban J connectivity index is 2.24. The second kappa shape index (κ2) is 10.7. The minimum Gasteiger partial charge on any atom is -0.454 e. The van der Waals surface area contributed by atoms with Gasteiger partial charge < -0.3 is 9.64 Å². The lowest BCUT2D eigenvalue weighted by Gasteiger charge is -2.22. The van der Waals surface area contributed by atoms with E-state index in [0.29, 0.717) is 5.69 Å². The van der Waals surface area contributed by atoms with Gasteiger partial charge in [-0.25, -0.2) is 13.6 Å². The average Bonchev–Trinajstić information content (AvgIpc) is 2.67. The molecule has 2 rings (SSSR count). The van der Waals surface area contributed by atoms with Crippen LogP contribution < -0.4 is 4.90 Å². The van der Waals surface area contributed by atoms with Gasteiger partial charge in [-0.15, -0.1) is 0 Å². The van der Waals surface area contributed by atoms with Crippen LogP contribution in [0.4, 0.5) is 14.5 Å². The van der Waals surface area contributed by atoms with E-state index in [4.69, 9.17) is 27.9 Å². The van der Waals surface area contributed by atoms with Crippen molar-refractivity contribution in [1.29, 1.82) is 0 Å². The van der Waals surface area contributed by atoms with Crippen LogP contribution >= 0.6 is 23.2 Å². The lowest BCUT2D eigenvalue weighted by molar-refractivity contribution is -0.163. The van der Waals surface area contributed by atoms with E-state index in [2.05, 4.69) is 0 Å². The molecule has 0 heterocycles. The fourth-order valence-electron chi connectivity index (χ4n) is 2.57. The molecule has 32 heavy (non-hydrogen) atoms. The van der Waals surface area contributed by atoms with Crippen molar-refractivity contribution in [2.45, 2.75) is 32.8 Å². The number of ketones is 1. The Morgan fingerprint density at radius 2 is 1.72 bits per heavy atom. The van der Waals surface area contributed by atoms with Crippen molar-refractivity contribution < 1.29 is 27.9 Å². The summed E-state index contributed by atoms with van der Waals surface area (Å²) in [6, 6.07) is 7.49. The van der Waals surface area contributed by atoms with Crippen molar-refractivity contribution >= 4 is 52.6 Å². The fraction of sp³-hybridized carbons (Fsp3) is 0.261. The Hall–Kier alpha value is -2.77. The molecule has 1 amide bonds. The summed E-state index contributed by atoms with van der Waals surface area (Å²) in [5.41, 5.74) is -0.468. The first-order chi connectivity index (χ1) is 14.9. The molecule has 2 aromatic rings. The van der Waals surface area contributed by atoms with Gasteiger partial charge in [0.1, 0.15) is 17.2 Å². The predicted molar refractivity (Wildman–Crippen MR) is 120 cm³/mol. The quantitative estimate of drug-likeness (QED) is 0.291. The molecule has 9 heteroatoms. The fourth-order valence-corrected chi connectivity index (χ4v) is 2.86. The zero-order chi connectivity index (χ0) is 24.1. The van der Waals surface area contributed by atoms with Crippen molar-refractivity contribution in [3.8, 4) is 0 Å². The number of esters is 1. The highest BCUT2D eigenvalue weighted by Crippen LogP contribution is 2.28. The third-order valence-electron chi connectivity index (χ3n) is 4.00. The largest absolute Gasteiger partial charge is 0.454 e. The van der Waals surface area contributed by atoms with Gasteiger partial charge in [0.05, 0.1) is 16.5 Å². The molecule has 0 N–H and O–H groups in total. The first kappa shape index (κ1) is 25.5. The highest BCUT2D eigenvalue weighted by Gasteiger charge is 2.27. The lowest BCUT2D eigenvalue weighted by atomic mass is 10.1. The Labute approximate surface area is 194 Å². The highest BCUT2D eigenvalue weighted by molar-refractivity contribution is 6.42. The van der Waals surface area contributed by atoms with Crippen molar-refractivity contribution in [2.75, 3.05) is 11.4 Å². The summed E-state index contributed by atoms with van der Waals surface area (Å²) in [6.45, 7) is 4.71. The Morgan fingerprint density at radius 1 is 1.03 bits per heavy atom. The second-order valence-corrected chi connectivity index (χ2v) is 8.59. The van der Waals surface area contributed by atoms with Crippen LogP contribution in [0.25, 0.3) is 6.08 Å². The van der Waals surface area contributed by atoms with E-state index in [1.165, 1.54) is 41.3 Å². The molecule has 0 spiro atoms. The van der Waals surface area contributed by atoms with Crippen molar-refractivity contribution in [2.24, 2.45) is 0 Å². The van der Waals surface area contributed by atoms with Crippen molar-refractivity contribution in [3.05, 3.63) is 69.7 Å². The number of ether oxygens (including phenoxy) is 1. The maximum atomic E-state index is 13.8. The number of rotatable bonds is 7. The number of hydrogen-bond donors (Lipinski definition) is 0. The smallest absolute Gasteiger partial charge is 0.375 e. The Kier molecular flexibility index (Phi) is 8.52. The molecule has 0 aliphatic rings. The van der Waals surface area contributed by atoms with Gasteiger partial charge >= 0.3 is 5.97 Å². The topological polar surface area (TPSA) is 63.7 Å². The highest BCUT2D eigenvalue weighted by atomic mass is 35.5. The summed E-state index contributed by atoms with van der Waals surface area (Å²) in [5, 5.41) is 0.436. The summed E-state index contributed by atoms with van der Waals surface area (Å²) in [6.07, 6.45) is 2.07. The van der Waals surface area contributed by atoms with Crippen molar-refractivity contribution in [3.63, 3.8) is 0 Å².